The van der Waals surface area contributed by atoms with Crippen molar-refractivity contribution in [1.82, 2.24) is 10.6 Å². The molecule has 25 heavy (non-hydrogen) atoms. The van der Waals surface area contributed by atoms with Crippen molar-refractivity contribution >= 4 is 40.7 Å². The molecule has 0 aromatic heterocycles. The first-order valence-corrected chi connectivity index (χ1v) is 10.4. The van der Waals surface area contributed by atoms with Crippen LogP contribution >= 0.6 is 24.0 Å². The van der Waals surface area contributed by atoms with Crippen LogP contribution in [0.1, 0.15) is 43.7 Å². The van der Waals surface area contributed by atoms with Crippen molar-refractivity contribution in [2.45, 2.75) is 57.2 Å². The minimum Gasteiger partial charge on any atom is -0.356 e. The van der Waals surface area contributed by atoms with Crippen molar-refractivity contribution < 1.29 is 4.21 Å². The van der Waals surface area contributed by atoms with Gasteiger partial charge in [-0.05, 0) is 43.7 Å². The fraction of sp³-hybridized carbons (Fsp3) is 0.632. The van der Waals surface area contributed by atoms with Gasteiger partial charge in [-0.1, -0.05) is 37.6 Å². The normalized spacial score (nSPS) is 22.0. The van der Waals surface area contributed by atoms with E-state index in [0.29, 0.717) is 11.3 Å². The zero-order valence-electron chi connectivity index (χ0n) is 15.6. The highest BCUT2D eigenvalue weighted by Gasteiger charge is 2.25. The van der Waals surface area contributed by atoms with Gasteiger partial charge in [-0.25, -0.2) is 0 Å². The molecule has 2 rings (SSSR count). The lowest BCUT2D eigenvalue weighted by atomic mass is 9.95. The maximum absolute atomic E-state index is 12.1. The van der Waals surface area contributed by atoms with Crippen LogP contribution < -0.4 is 10.6 Å². The smallest absolute Gasteiger partial charge is 0.191 e. The average molecular weight is 477 g/mol. The lowest BCUT2D eigenvalue weighted by Gasteiger charge is -2.30. The lowest BCUT2D eigenvalue weighted by molar-refractivity contribution is 0.413. The third-order valence-electron chi connectivity index (χ3n) is 4.79. The highest BCUT2D eigenvalue weighted by Crippen LogP contribution is 2.22. The molecule has 0 aliphatic heterocycles. The standard InChI is InChI=1S/C19H31N3OS.HI/c1-4-24(23)18-11-7-10-17(14-18)22-19(20-3)21-13-12-16-9-6-5-8-15(16)2;/h5-6,8-9,17-18H,4,7,10-14H2,1-3H3,(H2,20,21,22);1H. The number of hydrogen-bond donors (Lipinski definition) is 2. The lowest BCUT2D eigenvalue weighted by Crippen LogP contribution is -2.47. The Bertz CT molecular complexity index is 580. The van der Waals surface area contributed by atoms with E-state index in [4.69, 9.17) is 0 Å². The molecule has 6 heteroatoms. The summed E-state index contributed by atoms with van der Waals surface area (Å²) >= 11 is 0. The van der Waals surface area contributed by atoms with E-state index in [1.807, 2.05) is 14.0 Å². The van der Waals surface area contributed by atoms with Crippen molar-refractivity contribution in [2.24, 2.45) is 4.99 Å². The summed E-state index contributed by atoms with van der Waals surface area (Å²) in [6.07, 6.45) is 5.35. The molecule has 0 radical (unpaired) electrons. The molecular formula is C19H32IN3OS. The third kappa shape index (κ3) is 7.25. The molecule has 1 aromatic rings. The highest BCUT2D eigenvalue weighted by molar-refractivity contribution is 14.0. The Morgan fingerprint density at radius 2 is 2.08 bits per heavy atom. The second-order valence-corrected chi connectivity index (χ2v) is 8.48. The van der Waals surface area contributed by atoms with Gasteiger partial charge in [0.15, 0.2) is 5.96 Å². The van der Waals surface area contributed by atoms with Gasteiger partial charge in [0, 0.05) is 41.4 Å². The number of aryl methyl sites for hydroxylation is 1. The number of nitrogens with one attached hydrogen (secondary N) is 2. The van der Waals surface area contributed by atoms with E-state index in [9.17, 15) is 4.21 Å². The summed E-state index contributed by atoms with van der Waals surface area (Å²) in [6, 6.07) is 8.87. The topological polar surface area (TPSA) is 53.5 Å². The Hall–Kier alpha value is -0.630. The van der Waals surface area contributed by atoms with Crippen LogP contribution in [0.25, 0.3) is 0 Å². The fourth-order valence-corrected chi connectivity index (χ4v) is 4.69. The van der Waals surface area contributed by atoms with Crippen molar-refractivity contribution in [3.05, 3.63) is 35.4 Å². The van der Waals surface area contributed by atoms with Gasteiger partial charge < -0.3 is 10.6 Å². The summed E-state index contributed by atoms with van der Waals surface area (Å²) in [5.41, 5.74) is 2.70. The Kier molecular flexibility index (Phi) is 10.7. The summed E-state index contributed by atoms with van der Waals surface area (Å²) in [6.45, 7) is 5.03. The van der Waals surface area contributed by atoms with Crippen LogP contribution in [0.2, 0.25) is 0 Å². The second-order valence-electron chi connectivity index (χ2n) is 6.47. The number of rotatable bonds is 6. The second kappa shape index (κ2) is 11.9. The molecule has 3 atom stereocenters. The average Bonchev–Trinajstić information content (AvgIpc) is 2.62. The van der Waals surface area contributed by atoms with Crippen LogP contribution in [0.15, 0.2) is 29.3 Å². The first kappa shape index (κ1) is 22.4. The van der Waals surface area contributed by atoms with Crippen molar-refractivity contribution in [1.29, 1.82) is 0 Å². The van der Waals surface area contributed by atoms with Gasteiger partial charge in [0.2, 0.25) is 0 Å². The molecular weight excluding hydrogens is 445 g/mol. The fourth-order valence-electron chi connectivity index (χ4n) is 3.34. The number of hydrogen-bond acceptors (Lipinski definition) is 2. The largest absolute Gasteiger partial charge is 0.356 e. The van der Waals surface area contributed by atoms with E-state index in [1.165, 1.54) is 11.1 Å². The molecule has 2 N–H and O–H groups in total. The first-order valence-electron chi connectivity index (χ1n) is 9.03. The zero-order chi connectivity index (χ0) is 17.4. The molecule has 1 aliphatic carbocycles. The first-order chi connectivity index (χ1) is 11.6. The van der Waals surface area contributed by atoms with Crippen LogP contribution in [-0.4, -0.2) is 40.8 Å². The molecule has 0 heterocycles. The minimum atomic E-state index is -0.684. The van der Waals surface area contributed by atoms with Crippen LogP contribution in [0.3, 0.4) is 0 Å². The van der Waals surface area contributed by atoms with E-state index in [2.05, 4.69) is 46.8 Å². The van der Waals surface area contributed by atoms with E-state index in [-0.39, 0.29) is 24.0 Å². The van der Waals surface area contributed by atoms with E-state index < -0.39 is 10.8 Å². The number of nitrogens with zero attached hydrogens (tertiary/aromatic N) is 1. The molecule has 3 unspecified atom stereocenters. The Labute approximate surface area is 172 Å². The van der Waals surface area contributed by atoms with Gasteiger partial charge in [-0.15, -0.1) is 24.0 Å². The van der Waals surface area contributed by atoms with Crippen LogP contribution in [0.5, 0.6) is 0 Å². The summed E-state index contributed by atoms with van der Waals surface area (Å²) in [4.78, 5) is 4.34. The monoisotopic (exact) mass is 477 g/mol. The summed E-state index contributed by atoms with van der Waals surface area (Å²) in [7, 11) is 1.13. The molecule has 142 valence electrons. The summed E-state index contributed by atoms with van der Waals surface area (Å²) in [5.74, 6) is 1.62. The summed E-state index contributed by atoms with van der Waals surface area (Å²) in [5, 5.41) is 7.27. The molecule has 1 saturated carbocycles. The molecule has 0 amide bonds. The molecule has 4 nitrogen and oxygen atoms in total. The van der Waals surface area contributed by atoms with Crippen molar-refractivity contribution in [3.8, 4) is 0 Å². The summed E-state index contributed by atoms with van der Waals surface area (Å²) < 4.78 is 12.1. The minimum absolute atomic E-state index is 0. The Morgan fingerprint density at radius 1 is 1.32 bits per heavy atom. The Balaban J connectivity index is 0.00000312. The van der Waals surface area contributed by atoms with Gasteiger partial charge in [0.1, 0.15) is 0 Å². The van der Waals surface area contributed by atoms with Crippen molar-refractivity contribution in [3.63, 3.8) is 0 Å². The molecule has 0 spiro atoms. The van der Waals surface area contributed by atoms with Crippen LogP contribution in [0, 0.1) is 6.92 Å². The van der Waals surface area contributed by atoms with Crippen LogP contribution in [0.4, 0.5) is 0 Å². The van der Waals surface area contributed by atoms with Gasteiger partial charge in [-0.2, -0.15) is 0 Å². The highest BCUT2D eigenvalue weighted by atomic mass is 127. The van der Waals surface area contributed by atoms with E-state index in [1.54, 1.807) is 0 Å². The van der Waals surface area contributed by atoms with Crippen LogP contribution in [-0.2, 0) is 17.2 Å². The molecule has 0 bridgehead atoms. The maximum atomic E-state index is 12.1. The number of benzene rings is 1. The van der Waals surface area contributed by atoms with Gasteiger partial charge >= 0.3 is 0 Å². The quantitative estimate of drug-likeness (QED) is 0.375. The maximum Gasteiger partial charge on any atom is 0.191 e. The SMILES string of the molecule is CCS(=O)C1CCCC(NC(=NC)NCCc2ccccc2C)C1.I. The van der Waals surface area contributed by atoms with Gasteiger partial charge in [0.05, 0.1) is 0 Å². The Morgan fingerprint density at radius 3 is 2.76 bits per heavy atom. The molecule has 1 aromatic carbocycles. The molecule has 1 aliphatic rings. The zero-order valence-corrected chi connectivity index (χ0v) is 18.7. The third-order valence-corrected chi connectivity index (χ3v) is 6.54. The predicted molar refractivity (Wildman–Crippen MR) is 120 cm³/mol. The number of guanidine groups is 1. The van der Waals surface area contributed by atoms with Crippen molar-refractivity contribution in [2.75, 3.05) is 19.3 Å². The van der Waals surface area contributed by atoms with Gasteiger partial charge in [-0.3, -0.25) is 9.20 Å². The number of halogens is 1. The van der Waals surface area contributed by atoms with E-state index in [0.717, 1.165) is 50.4 Å². The van der Waals surface area contributed by atoms with E-state index >= 15 is 0 Å². The molecule has 0 saturated heterocycles. The predicted octanol–water partition coefficient (Wildman–Crippen LogP) is 3.40. The molecule has 1 fully saturated rings. The van der Waals surface area contributed by atoms with Gasteiger partial charge in [0.25, 0.3) is 0 Å². The number of aliphatic imine (C=N–C) groups is 1.